The molecule has 0 spiro atoms. The molecule has 0 aliphatic carbocycles. The zero-order valence-electron chi connectivity index (χ0n) is 9.13. The number of carbonyl (C=O) groups excluding carboxylic acids is 1. The van der Waals surface area contributed by atoms with Crippen LogP contribution in [0.15, 0.2) is 18.3 Å². The van der Waals surface area contributed by atoms with Crippen LogP contribution in [0.3, 0.4) is 0 Å². The van der Waals surface area contributed by atoms with Crippen LogP contribution in [0.4, 0.5) is 0 Å². The van der Waals surface area contributed by atoms with Gasteiger partial charge in [0.2, 0.25) is 0 Å². The SMILES string of the molecule is CNCCC(O)C(O)c1ccc(C=O)nc1. The number of aldehydes is 1. The Morgan fingerprint density at radius 3 is 2.75 bits per heavy atom. The highest BCUT2D eigenvalue weighted by atomic mass is 16.3. The normalized spacial score (nSPS) is 14.4. The van der Waals surface area contributed by atoms with E-state index in [1.165, 1.54) is 12.3 Å². The first-order valence-electron chi connectivity index (χ1n) is 5.11. The number of hydrogen-bond acceptors (Lipinski definition) is 5. The number of aliphatic hydroxyl groups excluding tert-OH is 2. The van der Waals surface area contributed by atoms with E-state index in [4.69, 9.17) is 0 Å². The molecule has 0 amide bonds. The standard InChI is InChI=1S/C11H16N2O3/c1-12-5-4-10(15)11(16)8-2-3-9(7-14)13-6-8/h2-3,6-7,10-12,15-16H,4-5H2,1H3. The molecule has 1 heterocycles. The Morgan fingerprint density at radius 1 is 1.50 bits per heavy atom. The third-order valence-electron chi connectivity index (χ3n) is 2.33. The maximum Gasteiger partial charge on any atom is 0.168 e. The Morgan fingerprint density at radius 2 is 2.25 bits per heavy atom. The van der Waals surface area contributed by atoms with E-state index in [9.17, 15) is 15.0 Å². The number of aromatic nitrogens is 1. The Bertz CT molecular complexity index is 327. The van der Waals surface area contributed by atoms with Gasteiger partial charge in [0, 0.05) is 11.8 Å². The van der Waals surface area contributed by atoms with E-state index in [1.807, 2.05) is 0 Å². The van der Waals surface area contributed by atoms with Crippen molar-refractivity contribution in [3.8, 4) is 0 Å². The topological polar surface area (TPSA) is 82.5 Å². The lowest BCUT2D eigenvalue weighted by Crippen LogP contribution is -2.23. The fourth-order valence-electron chi connectivity index (χ4n) is 1.33. The molecule has 1 rings (SSSR count). The van der Waals surface area contributed by atoms with Gasteiger partial charge in [-0.3, -0.25) is 9.78 Å². The number of nitrogens with zero attached hydrogens (tertiary/aromatic N) is 1. The summed E-state index contributed by atoms with van der Waals surface area (Å²) in [7, 11) is 1.78. The van der Waals surface area contributed by atoms with E-state index in [0.717, 1.165) is 0 Å². The molecule has 0 saturated carbocycles. The Balaban J connectivity index is 2.64. The average Bonchev–Trinajstić information content (AvgIpc) is 2.35. The van der Waals surface area contributed by atoms with Crippen LogP contribution in [0, 0.1) is 0 Å². The van der Waals surface area contributed by atoms with E-state index in [-0.39, 0.29) is 0 Å². The van der Waals surface area contributed by atoms with Crippen LogP contribution in [0.25, 0.3) is 0 Å². The number of carbonyl (C=O) groups is 1. The van der Waals surface area contributed by atoms with Gasteiger partial charge >= 0.3 is 0 Å². The van der Waals surface area contributed by atoms with Gasteiger partial charge in [-0.2, -0.15) is 0 Å². The number of hydrogen-bond donors (Lipinski definition) is 3. The summed E-state index contributed by atoms with van der Waals surface area (Å²) in [4.78, 5) is 14.2. The van der Waals surface area contributed by atoms with Crippen LogP contribution in [0.2, 0.25) is 0 Å². The third kappa shape index (κ3) is 3.37. The minimum Gasteiger partial charge on any atom is -0.390 e. The van der Waals surface area contributed by atoms with E-state index >= 15 is 0 Å². The van der Waals surface area contributed by atoms with Gasteiger partial charge < -0.3 is 15.5 Å². The summed E-state index contributed by atoms with van der Waals surface area (Å²) in [5, 5.41) is 22.3. The van der Waals surface area contributed by atoms with Gasteiger partial charge in [0.1, 0.15) is 11.8 Å². The number of aliphatic hydroxyl groups is 2. The predicted molar refractivity (Wildman–Crippen MR) is 59.1 cm³/mol. The highest BCUT2D eigenvalue weighted by Gasteiger charge is 2.17. The lowest BCUT2D eigenvalue weighted by atomic mass is 10.0. The minimum atomic E-state index is -0.971. The van der Waals surface area contributed by atoms with Crippen molar-refractivity contribution >= 4 is 6.29 Å². The van der Waals surface area contributed by atoms with Crippen molar-refractivity contribution in [3.63, 3.8) is 0 Å². The summed E-state index contributed by atoms with van der Waals surface area (Å²) >= 11 is 0. The highest BCUT2D eigenvalue weighted by molar-refractivity contribution is 5.71. The Hall–Kier alpha value is -1.30. The first-order chi connectivity index (χ1) is 7.69. The van der Waals surface area contributed by atoms with Crippen molar-refractivity contribution in [3.05, 3.63) is 29.6 Å². The summed E-state index contributed by atoms with van der Waals surface area (Å²) < 4.78 is 0. The van der Waals surface area contributed by atoms with Gasteiger partial charge in [0.05, 0.1) is 6.10 Å². The van der Waals surface area contributed by atoms with E-state index in [2.05, 4.69) is 10.3 Å². The summed E-state index contributed by atoms with van der Waals surface area (Å²) in [6.07, 6.45) is 0.676. The van der Waals surface area contributed by atoms with Crippen LogP contribution in [0.5, 0.6) is 0 Å². The minimum absolute atomic E-state index is 0.306. The molecule has 5 nitrogen and oxygen atoms in total. The van der Waals surface area contributed by atoms with E-state index < -0.39 is 12.2 Å². The van der Waals surface area contributed by atoms with Crippen molar-refractivity contribution in [1.82, 2.24) is 10.3 Å². The summed E-state index contributed by atoms with van der Waals surface area (Å²) in [6.45, 7) is 0.623. The maximum atomic E-state index is 10.4. The smallest absolute Gasteiger partial charge is 0.168 e. The summed E-state index contributed by atoms with van der Waals surface area (Å²) in [5.74, 6) is 0. The molecular weight excluding hydrogens is 208 g/mol. The van der Waals surface area contributed by atoms with Crippen LogP contribution < -0.4 is 5.32 Å². The Labute approximate surface area is 94.1 Å². The molecule has 1 aromatic heterocycles. The second-order valence-electron chi connectivity index (χ2n) is 3.54. The van der Waals surface area contributed by atoms with Gasteiger partial charge in [-0.15, -0.1) is 0 Å². The van der Waals surface area contributed by atoms with Gasteiger partial charge in [0.15, 0.2) is 6.29 Å². The number of rotatable bonds is 6. The first kappa shape index (κ1) is 12.8. The number of nitrogens with one attached hydrogen (secondary N) is 1. The monoisotopic (exact) mass is 224 g/mol. The second-order valence-corrected chi connectivity index (χ2v) is 3.54. The maximum absolute atomic E-state index is 10.4. The van der Waals surface area contributed by atoms with Crippen molar-refractivity contribution < 1.29 is 15.0 Å². The molecule has 16 heavy (non-hydrogen) atoms. The molecule has 3 N–H and O–H groups in total. The zero-order valence-corrected chi connectivity index (χ0v) is 9.13. The van der Waals surface area contributed by atoms with Gasteiger partial charge in [-0.25, -0.2) is 0 Å². The van der Waals surface area contributed by atoms with Gasteiger partial charge in [0.25, 0.3) is 0 Å². The molecule has 2 unspecified atom stereocenters. The van der Waals surface area contributed by atoms with E-state index in [0.29, 0.717) is 30.5 Å². The molecule has 1 aromatic rings. The van der Waals surface area contributed by atoms with Gasteiger partial charge in [-0.1, -0.05) is 6.07 Å². The number of pyridine rings is 1. The lowest BCUT2D eigenvalue weighted by molar-refractivity contribution is 0.0138. The van der Waals surface area contributed by atoms with Crippen molar-refractivity contribution in [2.75, 3.05) is 13.6 Å². The van der Waals surface area contributed by atoms with Crippen LogP contribution in [-0.4, -0.2) is 41.2 Å². The van der Waals surface area contributed by atoms with Crippen molar-refractivity contribution in [2.24, 2.45) is 0 Å². The van der Waals surface area contributed by atoms with Crippen LogP contribution >= 0.6 is 0 Å². The van der Waals surface area contributed by atoms with Crippen LogP contribution in [0.1, 0.15) is 28.6 Å². The molecule has 0 aromatic carbocycles. The molecule has 2 atom stereocenters. The molecule has 0 radical (unpaired) electrons. The first-order valence-corrected chi connectivity index (χ1v) is 5.11. The van der Waals surface area contributed by atoms with E-state index in [1.54, 1.807) is 13.1 Å². The summed E-state index contributed by atoms with van der Waals surface area (Å²) in [5.41, 5.74) is 0.815. The highest BCUT2D eigenvalue weighted by Crippen LogP contribution is 2.17. The van der Waals surface area contributed by atoms with Gasteiger partial charge in [-0.05, 0) is 26.1 Å². The lowest BCUT2D eigenvalue weighted by Gasteiger charge is -2.17. The molecule has 88 valence electrons. The molecule has 5 heteroatoms. The molecule has 0 fully saturated rings. The fourth-order valence-corrected chi connectivity index (χ4v) is 1.33. The predicted octanol–water partition coefficient (Wildman–Crippen LogP) is -0.102. The third-order valence-corrected chi connectivity index (χ3v) is 2.33. The van der Waals surface area contributed by atoms with Crippen molar-refractivity contribution in [2.45, 2.75) is 18.6 Å². The molecular formula is C11H16N2O3. The zero-order chi connectivity index (χ0) is 12.0. The quantitative estimate of drug-likeness (QED) is 0.588. The summed E-state index contributed by atoms with van der Waals surface area (Å²) in [6, 6.07) is 3.10. The molecule has 0 aliphatic rings. The molecule has 0 saturated heterocycles. The van der Waals surface area contributed by atoms with Crippen LogP contribution in [-0.2, 0) is 0 Å². The van der Waals surface area contributed by atoms with Crippen molar-refractivity contribution in [1.29, 1.82) is 0 Å². The second kappa shape index (κ2) is 6.32. The Kier molecular flexibility index (Phi) is 5.04. The molecule has 0 bridgehead atoms. The average molecular weight is 224 g/mol. The fraction of sp³-hybridized carbons (Fsp3) is 0.455. The largest absolute Gasteiger partial charge is 0.390 e. The molecule has 0 aliphatic heterocycles.